The normalized spacial score (nSPS) is 32.5. The summed E-state index contributed by atoms with van der Waals surface area (Å²) in [6.45, 7) is 8.36. The molecule has 18 heavy (non-hydrogen) atoms. The maximum absolute atomic E-state index is 5.78. The van der Waals surface area contributed by atoms with Gasteiger partial charge in [0, 0.05) is 26.9 Å². The highest BCUT2D eigenvalue weighted by Crippen LogP contribution is 2.29. The fourth-order valence-corrected chi connectivity index (χ4v) is 2.02. The van der Waals surface area contributed by atoms with Gasteiger partial charge in [-0.2, -0.15) is 0 Å². The van der Waals surface area contributed by atoms with E-state index >= 15 is 0 Å². The summed E-state index contributed by atoms with van der Waals surface area (Å²) < 4.78 is 27.3. The Balaban J connectivity index is 2.79. The zero-order valence-corrected chi connectivity index (χ0v) is 11.3. The molecule has 0 unspecified atom stereocenters. The van der Waals surface area contributed by atoms with Gasteiger partial charge in [-0.15, -0.1) is 6.58 Å². The van der Waals surface area contributed by atoms with Gasteiger partial charge in [-0.3, -0.25) is 0 Å². The van der Waals surface area contributed by atoms with Crippen LogP contribution in [0.1, 0.15) is 0 Å². The van der Waals surface area contributed by atoms with Crippen LogP contribution in [-0.2, 0) is 23.7 Å². The van der Waals surface area contributed by atoms with Crippen molar-refractivity contribution < 1.29 is 23.7 Å². The van der Waals surface area contributed by atoms with Crippen molar-refractivity contribution in [1.82, 2.24) is 0 Å². The Morgan fingerprint density at radius 3 is 2.50 bits per heavy atom. The van der Waals surface area contributed by atoms with Crippen LogP contribution in [-0.4, -0.2) is 59.1 Å². The zero-order chi connectivity index (χ0) is 13.5. The second-order valence-electron chi connectivity index (χ2n) is 4.02. The van der Waals surface area contributed by atoms with E-state index < -0.39 is 6.29 Å². The lowest BCUT2D eigenvalue weighted by molar-refractivity contribution is -0.232. The molecule has 5 heteroatoms. The minimum absolute atomic E-state index is 0.258. The molecule has 0 radical (unpaired) electrons. The van der Waals surface area contributed by atoms with Gasteiger partial charge in [-0.25, -0.2) is 0 Å². The van der Waals surface area contributed by atoms with E-state index in [0.29, 0.717) is 18.8 Å². The van der Waals surface area contributed by atoms with Crippen LogP contribution < -0.4 is 0 Å². The molecule has 1 saturated heterocycles. The van der Waals surface area contributed by atoms with Crippen LogP contribution in [0, 0.1) is 0 Å². The Morgan fingerprint density at radius 1 is 1.28 bits per heavy atom. The number of methoxy groups -OCH3 is 3. The van der Waals surface area contributed by atoms with E-state index in [1.807, 2.05) is 0 Å². The van der Waals surface area contributed by atoms with Crippen LogP contribution in [0.15, 0.2) is 24.8 Å². The van der Waals surface area contributed by atoms with E-state index in [2.05, 4.69) is 13.2 Å². The van der Waals surface area contributed by atoms with Gasteiger partial charge in [0.1, 0.15) is 18.3 Å². The van der Waals surface area contributed by atoms with E-state index in [-0.39, 0.29) is 18.3 Å². The van der Waals surface area contributed by atoms with Gasteiger partial charge in [0.15, 0.2) is 6.29 Å². The molecule has 4 atom stereocenters. The molecule has 1 aliphatic heterocycles. The fraction of sp³-hybridized carbons (Fsp3) is 0.692. The standard InChI is InChI=1S/C13H22O5/c1-6-7-17-13-9(2)11(15-4)12(16-5)10(18-13)8-14-3/h6,10-13H,1-2,7-8H2,3-5H3/t10-,11-,12+,13+/m1/s1. The molecule has 0 spiro atoms. The first-order valence-electron chi connectivity index (χ1n) is 5.80. The SMILES string of the molecule is C=CCO[C@H]1O[C@H](COC)[C@H](OC)[C@H](OC)C1=C. The van der Waals surface area contributed by atoms with E-state index in [1.54, 1.807) is 27.4 Å². The molecule has 0 aromatic carbocycles. The van der Waals surface area contributed by atoms with E-state index in [4.69, 9.17) is 23.7 Å². The Bertz CT molecular complexity index is 279. The molecule has 0 amide bonds. The summed E-state index contributed by atoms with van der Waals surface area (Å²) in [4.78, 5) is 0. The van der Waals surface area contributed by atoms with Crippen LogP contribution in [0.3, 0.4) is 0 Å². The fourth-order valence-electron chi connectivity index (χ4n) is 2.02. The average molecular weight is 258 g/mol. The van der Waals surface area contributed by atoms with Crippen molar-refractivity contribution >= 4 is 0 Å². The first-order valence-corrected chi connectivity index (χ1v) is 5.80. The van der Waals surface area contributed by atoms with Crippen molar-refractivity contribution in [1.29, 1.82) is 0 Å². The molecule has 5 nitrogen and oxygen atoms in total. The average Bonchev–Trinajstić information content (AvgIpc) is 2.38. The minimum Gasteiger partial charge on any atom is -0.382 e. The highest BCUT2D eigenvalue weighted by Gasteiger charge is 2.42. The molecular formula is C13H22O5. The molecule has 0 N–H and O–H groups in total. The van der Waals surface area contributed by atoms with E-state index in [9.17, 15) is 0 Å². The van der Waals surface area contributed by atoms with Gasteiger partial charge in [0.2, 0.25) is 0 Å². The summed E-state index contributed by atoms with van der Waals surface area (Å²) in [7, 11) is 4.84. The summed E-state index contributed by atoms with van der Waals surface area (Å²) in [6, 6.07) is 0. The van der Waals surface area contributed by atoms with Crippen molar-refractivity contribution in [2.45, 2.75) is 24.6 Å². The third-order valence-corrected chi connectivity index (χ3v) is 2.85. The predicted octanol–water partition coefficient (Wildman–Crippen LogP) is 1.15. The molecule has 0 saturated carbocycles. The number of ether oxygens (including phenoxy) is 5. The van der Waals surface area contributed by atoms with Crippen molar-refractivity contribution in [2.24, 2.45) is 0 Å². The topological polar surface area (TPSA) is 46.2 Å². The molecule has 0 aliphatic carbocycles. The number of hydrogen-bond acceptors (Lipinski definition) is 5. The maximum Gasteiger partial charge on any atom is 0.183 e. The van der Waals surface area contributed by atoms with Gasteiger partial charge in [0.25, 0.3) is 0 Å². The highest BCUT2D eigenvalue weighted by atomic mass is 16.7. The molecular weight excluding hydrogens is 236 g/mol. The smallest absolute Gasteiger partial charge is 0.183 e. The summed E-state index contributed by atoms with van der Waals surface area (Å²) >= 11 is 0. The number of rotatable bonds is 7. The van der Waals surface area contributed by atoms with Gasteiger partial charge >= 0.3 is 0 Å². The highest BCUT2D eigenvalue weighted by molar-refractivity contribution is 5.14. The molecule has 1 fully saturated rings. The van der Waals surface area contributed by atoms with Gasteiger partial charge in [0.05, 0.1) is 13.2 Å². The molecule has 1 heterocycles. The summed E-state index contributed by atoms with van der Waals surface area (Å²) in [5.41, 5.74) is 0.707. The Labute approximate surface area is 108 Å². The first-order chi connectivity index (χ1) is 8.69. The molecule has 104 valence electrons. The molecule has 0 aromatic heterocycles. The lowest BCUT2D eigenvalue weighted by atomic mass is 9.97. The Hall–Kier alpha value is -0.720. The molecule has 0 aromatic rings. The van der Waals surface area contributed by atoms with Crippen LogP contribution in [0.4, 0.5) is 0 Å². The lowest BCUT2D eigenvalue weighted by Gasteiger charge is -2.41. The van der Waals surface area contributed by atoms with Crippen molar-refractivity contribution in [2.75, 3.05) is 34.5 Å². The van der Waals surface area contributed by atoms with Gasteiger partial charge < -0.3 is 23.7 Å². The largest absolute Gasteiger partial charge is 0.382 e. The quantitative estimate of drug-likeness (QED) is 0.641. The second kappa shape index (κ2) is 7.66. The molecule has 1 rings (SSSR count). The van der Waals surface area contributed by atoms with Crippen LogP contribution in [0.5, 0.6) is 0 Å². The van der Waals surface area contributed by atoms with Crippen LogP contribution in [0.25, 0.3) is 0 Å². The van der Waals surface area contributed by atoms with Crippen molar-refractivity contribution in [3.8, 4) is 0 Å². The monoisotopic (exact) mass is 258 g/mol. The van der Waals surface area contributed by atoms with E-state index in [1.165, 1.54) is 0 Å². The van der Waals surface area contributed by atoms with Gasteiger partial charge in [-0.1, -0.05) is 12.7 Å². The molecule has 0 bridgehead atoms. The number of hydrogen-bond donors (Lipinski definition) is 0. The van der Waals surface area contributed by atoms with Gasteiger partial charge in [-0.05, 0) is 0 Å². The zero-order valence-electron chi connectivity index (χ0n) is 11.3. The lowest BCUT2D eigenvalue weighted by Crippen LogP contribution is -2.53. The molecule has 1 aliphatic rings. The Kier molecular flexibility index (Phi) is 6.52. The Morgan fingerprint density at radius 2 is 2.00 bits per heavy atom. The van der Waals surface area contributed by atoms with Crippen LogP contribution in [0.2, 0.25) is 0 Å². The van der Waals surface area contributed by atoms with E-state index in [0.717, 1.165) is 0 Å². The maximum atomic E-state index is 5.78. The third-order valence-electron chi connectivity index (χ3n) is 2.85. The predicted molar refractivity (Wildman–Crippen MR) is 67.4 cm³/mol. The third kappa shape index (κ3) is 3.40. The minimum atomic E-state index is -0.528. The second-order valence-corrected chi connectivity index (χ2v) is 4.02. The van der Waals surface area contributed by atoms with Crippen molar-refractivity contribution in [3.63, 3.8) is 0 Å². The van der Waals surface area contributed by atoms with Crippen LogP contribution >= 0.6 is 0 Å². The first kappa shape index (κ1) is 15.3. The summed E-state index contributed by atoms with van der Waals surface area (Å²) in [6.07, 6.45) is 0.334. The summed E-state index contributed by atoms with van der Waals surface area (Å²) in [5.74, 6) is 0. The van der Waals surface area contributed by atoms with Crippen molar-refractivity contribution in [3.05, 3.63) is 24.8 Å². The summed E-state index contributed by atoms with van der Waals surface area (Å²) in [5, 5.41) is 0.